The fraction of sp³-hybridized carbons (Fsp3) is 0.261. The lowest BCUT2D eigenvalue weighted by Gasteiger charge is -2.17. The van der Waals surface area contributed by atoms with Gasteiger partial charge in [0, 0.05) is 6.26 Å². The number of hydrogen-bond donors (Lipinski definition) is 1. The Bertz CT molecular complexity index is 1380. The zero-order valence-electron chi connectivity index (χ0n) is 19.9. The number of aryl methyl sites for hydroxylation is 1. The molecule has 0 unspecified atom stereocenters. The lowest BCUT2D eigenvalue weighted by molar-refractivity contribution is -0.143. The van der Waals surface area contributed by atoms with E-state index in [0.29, 0.717) is 17.9 Å². The number of carboxylic acids is 1. The number of carboxylic acid groups (broad SMARTS) is 1. The Labute approximate surface area is 213 Å². The zero-order valence-corrected chi connectivity index (χ0v) is 20.7. The fourth-order valence-corrected chi connectivity index (χ4v) is 3.32. The monoisotopic (exact) mass is 564 g/mol. The van der Waals surface area contributed by atoms with Crippen LogP contribution in [0, 0.1) is 6.92 Å². The molecule has 0 amide bonds. The average Bonchev–Trinajstić information content (AvgIpc) is 2.79. The van der Waals surface area contributed by atoms with E-state index in [-0.39, 0.29) is 29.6 Å². The van der Waals surface area contributed by atoms with Crippen LogP contribution in [0.2, 0.25) is 0 Å². The molecule has 0 spiro atoms. The molecule has 15 heteroatoms. The first-order valence-electron chi connectivity index (χ1n) is 10.3. The van der Waals surface area contributed by atoms with Crippen molar-refractivity contribution in [2.45, 2.75) is 31.0 Å². The number of hydrogen-bond acceptors (Lipinski definition) is 6. The molecule has 1 N–H and O–H groups in total. The predicted octanol–water partition coefficient (Wildman–Crippen LogP) is 5.91. The van der Waals surface area contributed by atoms with E-state index in [4.69, 9.17) is 9.84 Å². The van der Waals surface area contributed by atoms with Gasteiger partial charge in [-0.25, -0.2) is 18.2 Å². The van der Waals surface area contributed by atoms with Gasteiger partial charge in [0.1, 0.15) is 11.3 Å². The Morgan fingerprint density at radius 1 is 1.03 bits per heavy atom. The normalized spacial score (nSPS) is 11.9. The maximum atomic E-state index is 12.4. The van der Waals surface area contributed by atoms with Crippen LogP contribution in [0.5, 0.6) is 11.6 Å². The second-order valence-corrected chi connectivity index (χ2v) is 9.61. The number of halogens is 6. The smallest absolute Gasteiger partial charge is 0.416 e. The topological polar surface area (TPSA) is 121 Å². The summed E-state index contributed by atoms with van der Waals surface area (Å²) in [5, 5.41) is 12.1. The molecule has 0 atom stereocenters. The summed E-state index contributed by atoms with van der Waals surface area (Å²) in [5.74, 6) is -1.23. The van der Waals surface area contributed by atoms with Gasteiger partial charge in [0.2, 0.25) is 20.9 Å². The van der Waals surface area contributed by atoms with Gasteiger partial charge in [0.25, 0.3) is 0 Å². The van der Waals surface area contributed by atoms with Crippen LogP contribution in [0.1, 0.15) is 32.6 Å². The molecule has 0 saturated carbocycles. The highest BCUT2D eigenvalue weighted by Crippen LogP contribution is 2.36. The third-order valence-corrected chi connectivity index (χ3v) is 5.44. The first kappa shape index (κ1) is 30.5. The van der Waals surface area contributed by atoms with Crippen molar-refractivity contribution >= 4 is 15.8 Å². The van der Waals surface area contributed by atoms with Crippen molar-refractivity contribution in [2.75, 3.05) is 13.3 Å². The molecule has 1 aromatic heterocycles. The number of carbonyl (C=O) groups is 1. The molecule has 0 radical (unpaired) electrons. The SMILES string of the molecule is C[N-]Cc1cc(C(F)(F)F)cc(C(F)(F)F)c1.Cc1ccccc1Oc1nc(S(C)(=O)=O)ncc1C(=O)O. The van der Waals surface area contributed by atoms with Crippen LogP contribution in [0.25, 0.3) is 5.32 Å². The number of sulfone groups is 1. The Morgan fingerprint density at radius 3 is 2.03 bits per heavy atom. The van der Waals surface area contributed by atoms with Crippen molar-refractivity contribution < 1.29 is 49.4 Å². The summed E-state index contributed by atoms with van der Waals surface area (Å²) in [6, 6.07) is 8.34. The van der Waals surface area contributed by atoms with Crippen LogP contribution in [-0.4, -0.2) is 42.8 Å². The molecule has 0 bridgehead atoms. The number of para-hydroxylation sites is 1. The van der Waals surface area contributed by atoms with Gasteiger partial charge in [0.05, 0.1) is 17.3 Å². The summed E-state index contributed by atoms with van der Waals surface area (Å²) in [7, 11) is -2.35. The number of rotatable bonds is 6. The quantitative estimate of drug-likeness (QED) is 0.292. The molecule has 38 heavy (non-hydrogen) atoms. The second-order valence-electron chi connectivity index (χ2n) is 7.70. The van der Waals surface area contributed by atoms with E-state index >= 15 is 0 Å². The Hall–Kier alpha value is -3.72. The summed E-state index contributed by atoms with van der Waals surface area (Å²) >= 11 is 0. The summed E-state index contributed by atoms with van der Waals surface area (Å²) < 4.78 is 103. The number of aromatic nitrogens is 2. The third-order valence-electron chi connectivity index (χ3n) is 4.58. The molecule has 2 aromatic carbocycles. The van der Waals surface area contributed by atoms with Gasteiger partial charge in [-0.1, -0.05) is 23.8 Å². The average molecular weight is 564 g/mol. The van der Waals surface area contributed by atoms with Crippen LogP contribution >= 0.6 is 0 Å². The number of nitrogens with zero attached hydrogens (tertiary/aromatic N) is 3. The largest absolute Gasteiger partial charge is 0.661 e. The lowest BCUT2D eigenvalue weighted by Crippen LogP contribution is -2.11. The molecule has 3 aromatic rings. The van der Waals surface area contributed by atoms with Gasteiger partial charge in [0.15, 0.2) is 0 Å². The number of benzene rings is 2. The molecular formula is C23H20F6N3O5S-. The van der Waals surface area contributed by atoms with Gasteiger partial charge >= 0.3 is 18.3 Å². The second kappa shape index (κ2) is 11.8. The summed E-state index contributed by atoms with van der Waals surface area (Å²) in [5.41, 5.74) is -2.30. The van der Waals surface area contributed by atoms with Crippen molar-refractivity contribution in [3.63, 3.8) is 0 Å². The standard InChI is InChI=1S/C13H12N2O5S.C10H8F6N/c1-8-5-3-4-6-10(8)20-11-9(12(16)17)7-14-13(15-11)21(2,18)19;1-17-5-6-2-7(9(11,12)13)4-8(3-6)10(14,15)16/h3-7H,1-2H3,(H,16,17);2-4H,5H2,1H3/q;-1. The van der Waals surface area contributed by atoms with E-state index < -0.39 is 44.4 Å². The van der Waals surface area contributed by atoms with Crippen LogP contribution in [0.4, 0.5) is 26.3 Å². The molecule has 8 nitrogen and oxygen atoms in total. The van der Waals surface area contributed by atoms with Crippen LogP contribution in [-0.2, 0) is 28.7 Å². The van der Waals surface area contributed by atoms with E-state index in [9.17, 15) is 39.6 Å². The molecule has 0 saturated heterocycles. The predicted molar refractivity (Wildman–Crippen MR) is 123 cm³/mol. The highest BCUT2D eigenvalue weighted by molar-refractivity contribution is 7.90. The van der Waals surface area contributed by atoms with Crippen LogP contribution < -0.4 is 4.74 Å². The first-order valence-corrected chi connectivity index (χ1v) is 12.2. The molecule has 0 fully saturated rings. The van der Waals surface area contributed by atoms with E-state index in [2.05, 4.69) is 15.3 Å². The van der Waals surface area contributed by atoms with E-state index in [1.54, 1.807) is 31.2 Å². The Balaban J connectivity index is 0.000000273. The minimum atomic E-state index is -4.80. The molecular weight excluding hydrogens is 544 g/mol. The minimum Gasteiger partial charge on any atom is -0.661 e. The number of alkyl halides is 6. The zero-order chi connectivity index (χ0) is 28.9. The van der Waals surface area contributed by atoms with Crippen molar-refractivity contribution in [1.29, 1.82) is 0 Å². The molecule has 206 valence electrons. The highest BCUT2D eigenvalue weighted by Gasteiger charge is 2.36. The molecule has 3 rings (SSSR count). The Kier molecular flexibility index (Phi) is 9.45. The number of aromatic carboxylic acids is 1. The molecule has 0 aliphatic rings. The van der Waals surface area contributed by atoms with Gasteiger partial charge in [-0.05, 0) is 36.8 Å². The molecule has 1 heterocycles. The minimum absolute atomic E-state index is 0.0964. The fourth-order valence-electron chi connectivity index (χ4n) is 2.82. The third kappa shape index (κ3) is 8.41. The van der Waals surface area contributed by atoms with Crippen molar-refractivity contribution in [3.8, 4) is 11.6 Å². The summed E-state index contributed by atoms with van der Waals surface area (Å²) in [6.07, 6.45) is -7.76. The van der Waals surface area contributed by atoms with E-state index in [1.807, 2.05) is 0 Å². The maximum absolute atomic E-state index is 12.4. The Morgan fingerprint density at radius 2 is 1.58 bits per heavy atom. The highest BCUT2D eigenvalue weighted by atomic mass is 32.2. The van der Waals surface area contributed by atoms with Gasteiger partial charge in [-0.3, -0.25) is 0 Å². The van der Waals surface area contributed by atoms with Crippen molar-refractivity contribution in [1.82, 2.24) is 9.97 Å². The van der Waals surface area contributed by atoms with Gasteiger partial charge < -0.3 is 15.2 Å². The molecule has 0 aliphatic heterocycles. The van der Waals surface area contributed by atoms with Crippen LogP contribution in [0.15, 0.2) is 53.8 Å². The van der Waals surface area contributed by atoms with Gasteiger partial charge in [-0.2, -0.15) is 38.4 Å². The van der Waals surface area contributed by atoms with E-state index in [1.165, 1.54) is 7.05 Å². The van der Waals surface area contributed by atoms with Gasteiger partial charge in [-0.15, -0.1) is 6.54 Å². The van der Waals surface area contributed by atoms with Crippen molar-refractivity contribution in [3.05, 3.63) is 81.8 Å². The first-order chi connectivity index (χ1) is 17.4. The van der Waals surface area contributed by atoms with Crippen molar-refractivity contribution in [2.24, 2.45) is 0 Å². The number of ether oxygens (including phenoxy) is 1. The van der Waals surface area contributed by atoms with E-state index in [0.717, 1.165) is 18.0 Å². The molecule has 0 aliphatic carbocycles. The maximum Gasteiger partial charge on any atom is 0.416 e. The summed E-state index contributed by atoms with van der Waals surface area (Å²) in [4.78, 5) is 18.4. The lowest BCUT2D eigenvalue weighted by atomic mass is 10.0. The summed E-state index contributed by atoms with van der Waals surface area (Å²) in [6.45, 7) is 1.58. The van der Waals surface area contributed by atoms with Crippen LogP contribution in [0.3, 0.4) is 0 Å².